The number of hydrogen-bond acceptors (Lipinski definition) is 7. The molecule has 0 aliphatic rings. The minimum Gasteiger partial charge on any atom is -0.465 e. The largest absolute Gasteiger partial charge is 0.465 e. The normalized spacial score (nSPS) is 11.3. The second kappa shape index (κ2) is 8.97. The van der Waals surface area contributed by atoms with Gasteiger partial charge in [0, 0.05) is 23.9 Å². The molecule has 0 unspecified atom stereocenters. The van der Waals surface area contributed by atoms with Gasteiger partial charge >= 0.3 is 17.2 Å². The van der Waals surface area contributed by atoms with Gasteiger partial charge in [-0.15, -0.1) is 0 Å². The van der Waals surface area contributed by atoms with Crippen molar-refractivity contribution in [3.63, 3.8) is 0 Å². The van der Waals surface area contributed by atoms with Gasteiger partial charge in [0.1, 0.15) is 11.2 Å². The lowest BCUT2D eigenvalue weighted by Gasteiger charge is -2.20. The van der Waals surface area contributed by atoms with E-state index in [0.29, 0.717) is 22.3 Å². The van der Waals surface area contributed by atoms with Gasteiger partial charge in [0.2, 0.25) is 0 Å². The van der Waals surface area contributed by atoms with Crippen LogP contribution in [0.5, 0.6) is 0 Å². The predicted molar refractivity (Wildman–Crippen MR) is 116 cm³/mol. The quantitative estimate of drug-likeness (QED) is 0.335. The van der Waals surface area contributed by atoms with E-state index in [1.807, 2.05) is 24.3 Å². The summed E-state index contributed by atoms with van der Waals surface area (Å²) in [5.41, 5.74) is 0.768. The molecule has 7 nitrogen and oxygen atoms in total. The van der Waals surface area contributed by atoms with Gasteiger partial charge < -0.3 is 13.6 Å². The first kappa shape index (κ1) is 20.6. The minimum absolute atomic E-state index is 0.0909. The van der Waals surface area contributed by atoms with Crippen LogP contribution < -0.4 is 11.3 Å². The van der Waals surface area contributed by atoms with Gasteiger partial charge in [-0.25, -0.2) is 9.59 Å². The van der Waals surface area contributed by atoms with E-state index >= 15 is 0 Å². The second-order valence-corrected chi connectivity index (χ2v) is 7.14. The molecule has 0 bridgehead atoms. The molecule has 0 spiro atoms. The Labute approximate surface area is 177 Å². The van der Waals surface area contributed by atoms with Crippen LogP contribution in [0, 0.1) is 0 Å². The molecule has 0 aliphatic carbocycles. The highest BCUT2D eigenvalue weighted by molar-refractivity contribution is 5.77. The molecular formula is C24H21NO6. The van der Waals surface area contributed by atoms with Gasteiger partial charge in [-0.2, -0.15) is 0 Å². The van der Waals surface area contributed by atoms with E-state index < -0.39 is 17.2 Å². The zero-order valence-electron chi connectivity index (χ0n) is 17.0. The molecule has 7 heteroatoms. The summed E-state index contributed by atoms with van der Waals surface area (Å²) in [6, 6.07) is 17.9. The highest BCUT2D eigenvalue weighted by Gasteiger charge is 2.18. The van der Waals surface area contributed by atoms with Crippen molar-refractivity contribution in [2.45, 2.75) is 20.0 Å². The van der Waals surface area contributed by atoms with Crippen LogP contribution in [0.25, 0.3) is 21.9 Å². The first-order chi connectivity index (χ1) is 15.0. The first-order valence-corrected chi connectivity index (χ1v) is 9.95. The minimum atomic E-state index is -0.488. The fraction of sp³-hybridized carbons (Fsp3) is 0.208. The summed E-state index contributed by atoms with van der Waals surface area (Å²) in [7, 11) is 0. The van der Waals surface area contributed by atoms with E-state index in [4.69, 9.17) is 13.6 Å². The third-order valence-corrected chi connectivity index (χ3v) is 4.87. The number of fused-ring (bicyclic) bond motifs is 2. The number of carbonyl (C=O) groups is 1. The van der Waals surface area contributed by atoms with E-state index in [0.717, 1.165) is 10.8 Å². The maximum Gasteiger partial charge on any atom is 0.340 e. The van der Waals surface area contributed by atoms with Crippen LogP contribution in [-0.4, -0.2) is 24.0 Å². The molecule has 0 atom stereocenters. The summed E-state index contributed by atoms with van der Waals surface area (Å²) in [6.45, 7) is 2.09. The molecule has 2 heterocycles. The Morgan fingerprint density at radius 3 is 1.81 bits per heavy atom. The average molecular weight is 419 g/mol. The number of benzene rings is 2. The average Bonchev–Trinajstić information content (AvgIpc) is 2.75. The van der Waals surface area contributed by atoms with Crippen LogP contribution in [0.4, 0.5) is 0 Å². The van der Waals surface area contributed by atoms with Gasteiger partial charge in [-0.3, -0.25) is 9.69 Å². The number of nitrogens with zero attached hydrogens (tertiary/aromatic N) is 1. The summed E-state index contributed by atoms with van der Waals surface area (Å²) < 4.78 is 15.9. The van der Waals surface area contributed by atoms with Crippen LogP contribution in [-0.2, 0) is 22.6 Å². The highest BCUT2D eigenvalue weighted by Crippen LogP contribution is 2.17. The van der Waals surface area contributed by atoms with Crippen LogP contribution in [0.2, 0.25) is 0 Å². The molecule has 0 fully saturated rings. The summed E-state index contributed by atoms with van der Waals surface area (Å²) in [6.07, 6.45) is 0. The van der Waals surface area contributed by atoms with Crippen molar-refractivity contribution in [1.29, 1.82) is 0 Å². The molecule has 31 heavy (non-hydrogen) atoms. The Morgan fingerprint density at radius 1 is 0.839 bits per heavy atom. The summed E-state index contributed by atoms with van der Waals surface area (Å²) in [5, 5.41) is 1.55. The van der Waals surface area contributed by atoms with Crippen molar-refractivity contribution in [3.05, 3.63) is 92.6 Å². The number of rotatable bonds is 7. The van der Waals surface area contributed by atoms with Crippen LogP contribution >= 0.6 is 0 Å². The number of esters is 1. The fourth-order valence-corrected chi connectivity index (χ4v) is 3.47. The molecule has 0 radical (unpaired) electrons. The Morgan fingerprint density at radius 2 is 1.32 bits per heavy atom. The van der Waals surface area contributed by atoms with Crippen molar-refractivity contribution < 1.29 is 18.4 Å². The maximum absolute atomic E-state index is 12.5. The third-order valence-electron chi connectivity index (χ3n) is 4.87. The number of carbonyl (C=O) groups excluding carboxylic acids is 1. The zero-order chi connectivity index (χ0) is 21.8. The van der Waals surface area contributed by atoms with Crippen LogP contribution in [0.15, 0.2) is 79.1 Å². The lowest BCUT2D eigenvalue weighted by atomic mass is 10.1. The van der Waals surface area contributed by atoms with E-state index in [9.17, 15) is 14.4 Å². The molecule has 0 saturated carbocycles. The Hall–Kier alpha value is -3.71. The molecule has 2 aromatic carbocycles. The molecule has 4 rings (SSSR count). The van der Waals surface area contributed by atoms with E-state index in [1.54, 1.807) is 48.2 Å². The highest BCUT2D eigenvalue weighted by atomic mass is 16.5. The molecule has 0 amide bonds. The third kappa shape index (κ3) is 4.73. The monoisotopic (exact) mass is 419 g/mol. The van der Waals surface area contributed by atoms with Gasteiger partial charge in [0.05, 0.1) is 24.3 Å². The van der Waals surface area contributed by atoms with Gasteiger partial charge in [-0.05, 0) is 31.2 Å². The molecular weight excluding hydrogens is 398 g/mol. The van der Waals surface area contributed by atoms with Gasteiger partial charge in [-0.1, -0.05) is 36.4 Å². The SMILES string of the molecule is CCOC(=O)CN(Cc1cc2ccccc2oc1=O)Cc1cc2ccccc2oc1=O. The molecule has 2 aromatic heterocycles. The van der Waals surface area contributed by atoms with Crippen molar-refractivity contribution in [2.24, 2.45) is 0 Å². The molecule has 0 N–H and O–H groups in total. The van der Waals surface area contributed by atoms with Crippen molar-refractivity contribution in [2.75, 3.05) is 13.2 Å². The van der Waals surface area contributed by atoms with Crippen LogP contribution in [0.1, 0.15) is 18.1 Å². The first-order valence-electron chi connectivity index (χ1n) is 9.95. The summed E-state index contributed by atoms with van der Waals surface area (Å²) >= 11 is 0. The van der Waals surface area contributed by atoms with Crippen LogP contribution in [0.3, 0.4) is 0 Å². The molecule has 4 aromatic rings. The number of ether oxygens (including phenoxy) is 1. The lowest BCUT2D eigenvalue weighted by molar-refractivity contribution is -0.144. The Kier molecular flexibility index (Phi) is 5.95. The number of hydrogen-bond donors (Lipinski definition) is 0. The summed E-state index contributed by atoms with van der Waals surface area (Å²) in [4.78, 5) is 38.8. The van der Waals surface area contributed by atoms with Gasteiger partial charge in [0.25, 0.3) is 0 Å². The smallest absolute Gasteiger partial charge is 0.340 e. The lowest BCUT2D eigenvalue weighted by Crippen LogP contribution is -2.33. The van der Waals surface area contributed by atoms with E-state index in [2.05, 4.69) is 0 Å². The predicted octanol–water partition coefficient (Wildman–Crippen LogP) is 3.46. The zero-order valence-corrected chi connectivity index (χ0v) is 17.0. The van der Waals surface area contributed by atoms with E-state index in [1.165, 1.54) is 0 Å². The standard InChI is InChI=1S/C24H21NO6/c1-2-29-22(26)15-25(13-18-11-16-7-3-5-9-20(16)30-23(18)27)14-19-12-17-8-4-6-10-21(17)31-24(19)28/h3-12H,2,13-15H2,1H3. The second-order valence-electron chi connectivity index (χ2n) is 7.14. The van der Waals surface area contributed by atoms with Crippen molar-refractivity contribution in [3.8, 4) is 0 Å². The molecule has 0 saturated heterocycles. The Bertz CT molecular complexity index is 1260. The Balaban J connectivity index is 1.67. The molecule has 158 valence electrons. The summed E-state index contributed by atoms with van der Waals surface area (Å²) in [5.74, 6) is -0.446. The van der Waals surface area contributed by atoms with Gasteiger partial charge in [0.15, 0.2) is 0 Å². The topological polar surface area (TPSA) is 90.0 Å². The fourth-order valence-electron chi connectivity index (χ4n) is 3.47. The van der Waals surface area contributed by atoms with Crippen molar-refractivity contribution in [1.82, 2.24) is 4.90 Å². The number of para-hydroxylation sites is 2. The van der Waals surface area contributed by atoms with E-state index in [-0.39, 0.29) is 26.2 Å². The molecule has 0 aliphatic heterocycles. The van der Waals surface area contributed by atoms with Crippen molar-refractivity contribution >= 4 is 27.9 Å². The maximum atomic E-state index is 12.5.